The van der Waals surface area contributed by atoms with Gasteiger partial charge in [0, 0.05) is 0 Å². The van der Waals surface area contributed by atoms with E-state index in [0.717, 1.165) is 32.1 Å². The average molecular weight is 249 g/mol. The summed E-state index contributed by atoms with van der Waals surface area (Å²) in [6, 6.07) is 2.56. The second-order valence-corrected chi connectivity index (χ2v) is 6.98. The highest BCUT2D eigenvalue weighted by Gasteiger charge is 2.56. The smallest absolute Gasteiger partial charge is 0.0865 e. The zero-order chi connectivity index (χ0) is 13.4. The Hall–Kier alpha value is -0.550. The fourth-order valence-electron chi connectivity index (χ4n) is 4.46. The highest BCUT2D eigenvalue weighted by atomic mass is 16.3. The van der Waals surface area contributed by atoms with Crippen LogP contribution in [0.15, 0.2) is 0 Å². The minimum absolute atomic E-state index is 0.246. The van der Waals surface area contributed by atoms with Crippen LogP contribution in [0.2, 0.25) is 0 Å². The highest BCUT2D eigenvalue weighted by molar-refractivity contribution is 5.16. The largest absolute Gasteiger partial charge is 0.388 e. The molecule has 0 aliphatic heterocycles. The van der Waals surface area contributed by atoms with Gasteiger partial charge in [0.25, 0.3) is 0 Å². The van der Waals surface area contributed by atoms with Crippen LogP contribution in [-0.4, -0.2) is 10.7 Å². The number of aliphatic hydroxyl groups is 1. The molecule has 0 amide bonds. The van der Waals surface area contributed by atoms with Crippen molar-refractivity contribution in [2.75, 3.05) is 0 Å². The van der Waals surface area contributed by atoms with Gasteiger partial charge in [-0.15, -0.1) is 0 Å². The predicted octanol–water partition coefficient (Wildman–Crippen LogP) is 3.89. The van der Waals surface area contributed by atoms with Crippen molar-refractivity contribution in [2.24, 2.45) is 23.2 Å². The lowest BCUT2D eigenvalue weighted by molar-refractivity contribution is -0.150. The minimum atomic E-state index is -0.756. The number of nitriles is 1. The summed E-state index contributed by atoms with van der Waals surface area (Å²) in [5.74, 6) is 1.36. The average Bonchev–Trinajstić information content (AvgIpc) is 2.35. The Morgan fingerprint density at radius 1 is 1.11 bits per heavy atom. The molecule has 2 rings (SSSR count). The minimum Gasteiger partial charge on any atom is -0.388 e. The molecule has 0 radical (unpaired) electrons. The summed E-state index contributed by atoms with van der Waals surface area (Å²) >= 11 is 0. The second kappa shape index (κ2) is 4.85. The van der Waals surface area contributed by atoms with E-state index >= 15 is 0 Å². The maximum absolute atomic E-state index is 11.3. The zero-order valence-electron chi connectivity index (χ0n) is 12.1. The van der Waals surface area contributed by atoms with E-state index < -0.39 is 11.0 Å². The van der Waals surface area contributed by atoms with E-state index in [-0.39, 0.29) is 5.92 Å². The van der Waals surface area contributed by atoms with Crippen LogP contribution in [0.5, 0.6) is 0 Å². The molecule has 18 heavy (non-hydrogen) atoms. The van der Waals surface area contributed by atoms with Gasteiger partial charge in [0.15, 0.2) is 0 Å². The van der Waals surface area contributed by atoms with Gasteiger partial charge >= 0.3 is 0 Å². The van der Waals surface area contributed by atoms with Crippen LogP contribution in [0.3, 0.4) is 0 Å². The van der Waals surface area contributed by atoms with Gasteiger partial charge in [0.05, 0.1) is 17.1 Å². The van der Waals surface area contributed by atoms with Crippen molar-refractivity contribution in [1.82, 2.24) is 0 Å². The van der Waals surface area contributed by atoms with Gasteiger partial charge in [0.2, 0.25) is 0 Å². The van der Waals surface area contributed by atoms with Crippen LogP contribution in [0.1, 0.15) is 65.7 Å². The maximum Gasteiger partial charge on any atom is 0.0865 e. The van der Waals surface area contributed by atoms with E-state index in [9.17, 15) is 10.4 Å². The standard InChI is InChI=1S/C16H27NO/c1-12-6-4-8-15(10-12,11-17)16(18)9-5-7-13(2)14(16)3/h12-14,18H,4-10H2,1-3H3. The fraction of sp³-hybridized carbons (Fsp3) is 0.938. The van der Waals surface area contributed by atoms with Crippen LogP contribution in [-0.2, 0) is 0 Å². The normalized spacial score (nSPS) is 49.6. The summed E-state index contributed by atoms with van der Waals surface area (Å²) < 4.78 is 0. The Morgan fingerprint density at radius 2 is 1.78 bits per heavy atom. The van der Waals surface area contributed by atoms with Gasteiger partial charge in [-0.1, -0.05) is 46.5 Å². The second-order valence-electron chi connectivity index (χ2n) is 6.98. The van der Waals surface area contributed by atoms with E-state index in [1.165, 1.54) is 12.8 Å². The molecule has 2 fully saturated rings. The summed E-state index contributed by atoms with van der Waals surface area (Å²) in [5, 5.41) is 21.1. The number of hydrogen-bond donors (Lipinski definition) is 1. The summed E-state index contributed by atoms with van der Waals surface area (Å²) in [6.45, 7) is 6.61. The third-order valence-corrected chi connectivity index (χ3v) is 5.86. The van der Waals surface area contributed by atoms with Crippen molar-refractivity contribution >= 4 is 0 Å². The molecule has 2 heteroatoms. The molecule has 0 spiro atoms. The first-order chi connectivity index (χ1) is 8.45. The summed E-state index contributed by atoms with van der Waals surface area (Å²) in [5.41, 5.74) is -1.24. The predicted molar refractivity (Wildman–Crippen MR) is 72.8 cm³/mol. The molecular formula is C16H27NO. The first-order valence-corrected chi connectivity index (χ1v) is 7.59. The lowest BCUT2D eigenvalue weighted by Gasteiger charge is -2.53. The fourth-order valence-corrected chi connectivity index (χ4v) is 4.46. The van der Waals surface area contributed by atoms with E-state index in [1.54, 1.807) is 0 Å². The van der Waals surface area contributed by atoms with Crippen LogP contribution in [0, 0.1) is 34.5 Å². The van der Waals surface area contributed by atoms with Gasteiger partial charge in [0.1, 0.15) is 0 Å². The van der Waals surface area contributed by atoms with E-state index in [2.05, 4.69) is 26.8 Å². The Labute approximate surface area is 111 Å². The molecule has 0 aromatic carbocycles. The SMILES string of the molecule is CC1CCCC(C#N)(C2(O)CCCC(C)C2C)C1. The van der Waals surface area contributed by atoms with Gasteiger partial charge in [-0.25, -0.2) is 0 Å². The maximum atomic E-state index is 11.3. The number of nitrogens with zero attached hydrogens (tertiary/aromatic N) is 1. The van der Waals surface area contributed by atoms with E-state index in [0.29, 0.717) is 11.8 Å². The lowest BCUT2D eigenvalue weighted by Crippen LogP contribution is -2.57. The Kier molecular flexibility index (Phi) is 3.74. The summed E-state index contributed by atoms with van der Waals surface area (Å²) in [6.07, 6.45) is 7.17. The molecular weight excluding hydrogens is 222 g/mol. The molecule has 2 nitrogen and oxygen atoms in total. The Bertz CT molecular complexity index is 347. The first-order valence-electron chi connectivity index (χ1n) is 7.59. The zero-order valence-corrected chi connectivity index (χ0v) is 12.1. The number of hydrogen-bond acceptors (Lipinski definition) is 2. The van der Waals surface area contributed by atoms with Crippen molar-refractivity contribution in [2.45, 2.75) is 71.3 Å². The van der Waals surface area contributed by atoms with E-state index in [1.807, 2.05) is 0 Å². The summed E-state index contributed by atoms with van der Waals surface area (Å²) in [4.78, 5) is 0. The van der Waals surface area contributed by atoms with Gasteiger partial charge in [-0.05, 0) is 37.0 Å². The monoisotopic (exact) mass is 249 g/mol. The molecule has 0 bridgehead atoms. The molecule has 5 unspecified atom stereocenters. The molecule has 102 valence electrons. The van der Waals surface area contributed by atoms with Gasteiger partial charge in [-0.3, -0.25) is 0 Å². The molecule has 5 atom stereocenters. The molecule has 2 aliphatic rings. The van der Waals surface area contributed by atoms with E-state index in [4.69, 9.17) is 0 Å². The third kappa shape index (κ3) is 1.97. The lowest BCUT2D eigenvalue weighted by atomic mass is 9.53. The summed E-state index contributed by atoms with van der Waals surface area (Å²) in [7, 11) is 0. The highest BCUT2D eigenvalue weighted by Crippen LogP contribution is 2.55. The van der Waals surface area contributed by atoms with Crippen LogP contribution < -0.4 is 0 Å². The van der Waals surface area contributed by atoms with Crippen molar-refractivity contribution in [3.8, 4) is 6.07 Å². The quantitative estimate of drug-likeness (QED) is 0.766. The van der Waals surface area contributed by atoms with Gasteiger partial charge < -0.3 is 5.11 Å². The molecule has 2 saturated carbocycles. The molecule has 0 aromatic rings. The molecule has 1 N–H and O–H groups in total. The topological polar surface area (TPSA) is 44.0 Å². The van der Waals surface area contributed by atoms with Crippen molar-refractivity contribution in [3.05, 3.63) is 0 Å². The first kappa shape index (κ1) is 13.9. The van der Waals surface area contributed by atoms with Gasteiger partial charge in [-0.2, -0.15) is 5.26 Å². The molecule has 0 heterocycles. The third-order valence-electron chi connectivity index (χ3n) is 5.86. The molecule has 2 aliphatic carbocycles. The molecule has 0 aromatic heterocycles. The van der Waals surface area contributed by atoms with Crippen molar-refractivity contribution in [1.29, 1.82) is 5.26 Å². The number of rotatable bonds is 1. The van der Waals surface area contributed by atoms with Crippen molar-refractivity contribution < 1.29 is 5.11 Å². The Balaban J connectivity index is 2.33. The van der Waals surface area contributed by atoms with Crippen LogP contribution >= 0.6 is 0 Å². The Morgan fingerprint density at radius 3 is 2.39 bits per heavy atom. The van der Waals surface area contributed by atoms with Crippen LogP contribution in [0.4, 0.5) is 0 Å². The van der Waals surface area contributed by atoms with Crippen LogP contribution in [0.25, 0.3) is 0 Å². The van der Waals surface area contributed by atoms with Crippen molar-refractivity contribution in [3.63, 3.8) is 0 Å². The molecule has 0 saturated heterocycles.